The Bertz CT molecular complexity index is 935. The number of hydrogen-bond donors (Lipinski definition) is 2. The molecule has 1 atom stereocenters. The predicted molar refractivity (Wildman–Crippen MR) is 112 cm³/mol. The van der Waals surface area contributed by atoms with Crippen LogP contribution >= 0.6 is 0 Å². The van der Waals surface area contributed by atoms with Crippen LogP contribution in [-0.4, -0.2) is 44.3 Å². The number of rotatable bonds is 5. The molecule has 0 radical (unpaired) electrons. The van der Waals surface area contributed by atoms with E-state index in [0.29, 0.717) is 25.1 Å². The number of para-hydroxylation sites is 1. The summed E-state index contributed by atoms with van der Waals surface area (Å²) in [5, 5.41) is 19.3. The third-order valence-corrected chi connectivity index (χ3v) is 5.10. The summed E-state index contributed by atoms with van der Waals surface area (Å²) in [6.07, 6.45) is 2.25. The van der Waals surface area contributed by atoms with Crippen LogP contribution in [0, 0.1) is 0 Å². The maximum atomic E-state index is 13.1. The second-order valence-corrected chi connectivity index (χ2v) is 8.50. The summed E-state index contributed by atoms with van der Waals surface area (Å²) in [4.78, 5) is 30.3. The van der Waals surface area contributed by atoms with Gasteiger partial charge in [0.25, 0.3) is 0 Å². The third kappa shape index (κ3) is 5.09. The van der Waals surface area contributed by atoms with Gasteiger partial charge in [-0.2, -0.15) is 0 Å². The van der Waals surface area contributed by atoms with Gasteiger partial charge in [0.05, 0.1) is 6.04 Å². The van der Waals surface area contributed by atoms with Crippen molar-refractivity contribution in [3.8, 4) is 5.75 Å². The van der Waals surface area contributed by atoms with Crippen molar-refractivity contribution in [2.75, 3.05) is 6.54 Å². The molecule has 1 amide bonds. The van der Waals surface area contributed by atoms with Gasteiger partial charge >= 0.3 is 12.1 Å². The van der Waals surface area contributed by atoms with Crippen molar-refractivity contribution in [2.45, 2.75) is 58.1 Å². The number of phenolic OH excluding ortho intramolecular Hbond substituents is 1. The van der Waals surface area contributed by atoms with Gasteiger partial charge in [0.1, 0.15) is 17.0 Å². The minimum Gasteiger partial charge on any atom is -0.508 e. The fourth-order valence-corrected chi connectivity index (χ4v) is 3.74. The van der Waals surface area contributed by atoms with E-state index in [-0.39, 0.29) is 17.5 Å². The molecule has 3 rings (SSSR count). The second kappa shape index (κ2) is 8.73. The number of carbonyl (C=O) groups excluding carboxylic acids is 1. The molecule has 1 aliphatic carbocycles. The minimum absolute atomic E-state index is 0.00688. The molecule has 1 aliphatic rings. The molecule has 1 aromatic carbocycles. The number of carboxylic acid groups (broad SMARTS) is 1. The Hall–Kier alpha value is -3.09. The zero-order valence-corrected chi connectivity index (χ0v) is 17.6. The number of aromatic carboxylic acids is 1. The quantitative estimate of drug-likeness (QED) is 0.758. The molecule has 160 valence electrons. The van der Waals surface area contributed by atoms with E-state index < -0.39 is 17.7 Å². The van der Waals surface area contributed by atoms with Gasteiger partial charge in [-0.15, -0.1) is 0 Å². The molecule has 0 bridgehead atoms. The van der Waals surface area contributed by atoms with Gasteiger partial charge in [0, 0.05) is 12.2 Å². The molecule has 0 saturated carbocycles. The van der Waals surface area contributed by atoms with Crippen molar-refractivity contribution in [1.29, 1.82) is 0 Å². The van der Waals surface area contributed by atoms with Gasteiger partial charge in [0.2, 0.25) is 0 Å². The molecule has 7 nitrogen and oxygen atoms in total. The van der Waals surface area contributed by atoms with Crippen LogP contribution in [0.15, 0.2) is 36.4 Å². The molecule has 2 aromatic rings. The number of aromatic nitrogens is 1. The molecule has 1 unspecified atom stereocenters. The summed E-state index contributed by atoms with van der Waals surface area (Å²) in [7, 11) is 0. The smallest absolute Gasteiger partial charge is 0.410 e. The monoisotopic (exact) mass is 412 g/mol. The lowest BCUT2D eigenvalue weighted by Crippen LogP contribution is -2.41. The van der Waals surface area contributed by atoms with Crippen LogP contribution in [0.25, 0.3) is 0 Å². The molecule has 7 heteroatoms. The van der Waals surface area contributed by atoms with Crippen LogP contribution in [0.3, 0.4) is 0 Å². The van der Waals surface area contributed by atoms with E-state index in [9.17, 15) is 19.8 Å². The zero-order chi connectivity index (χ0) is 21.9. The van der Waals surface area contributed by atoms with Crippen LogP contribution in [0.4, 0.5) is 4.79 Å². The number of carbonyl (C=O) groups is 2. The summed E-state index contributed by atoms with van der Waals surface area (Å²) >= 11 is 0. The number of amides is 1. The lowest BCUT2D eigenvalue weighted by molar-refractivity contribution is 0.0140. The highest BCUT2D eigenvalue weighted by molar-refractivity contribution is 5.85. The lowest BCUT2D eigenvalue weighted by Gasteiger charge is -2.36. The second-order valence-electron chi connectivity index (χ2n) is 8.50. The average Bonchev–Trinajstić information content (AvgIpc) is 2.67. The Kier molecular flexibility index (Phi) is 6.29. The largest absolute Gasteiger partial charge is 0.508 e. The van der Waals surface area contributed by atoms with Crippen molar-refractivity contribution in [2.24, 2.45) is 0 Å². The number of pyridine rings is 1. The first-order chi connectivity index (χ1) is 14.2. The maximum absolute atomic E-state index is 13.1. The van der Waals surface area contributed by atoms with Crippen molar-refractivity contribution in [1.82, 2.24) is 9.88 Å². The van der Waals surface area contributed by atoms with Crippen molar-refractivity contribution in [3.05, 3.63) is 58.9 Å². The Balaban J connectivity index is 1.91. The fourth-order valence-electron chi connectivity index (χ4n) is 3.74. The number of ether oxygens (including phenoxy) is 1. The van der Waals surface area contributed by atoms with Gasteiger partial charge in [-0.3, -0.25) is 0 Å². The maximum Gasteiger partial charge on any atom is 0.410 e. The van der Waals surface area contributed by atoms with Crippen LogP contribution in [0.5, 0.6) is 5.75 Å². The molecular formula is C23H28N2O5. The van der Waals surface area contributed by atoms with E-state index in [2.05, 4.69) is 4.98 Å². The summed E-state index contributed by atoms with van der Waals surface area (Å²) in [6.45, 7) is 5.82. The Morgan fingerprint density at radius 1 is 1.20 bits per heavy atom. The highest BCUT2D eigenvalue weighted by Crippen LogP contribution is 2.35. The number of benzene rings is 1. The van der Waals surface area contributed by atoms with Crippen LogP contribution in [-0.2, 0) is 17.6 Å². The van der Waals surface area contributed by atoms with Crippen molar-refractivity contribution >= 4 is 12.1 Å². The third-order valence-electron chi connectivity index (χ3n) is 5.10. The van der Waals surface area contributed by atoms with Crippen LogP contribution in [0.2, 0.25) is 0 Å². The van der Waals surface area contributed by atoms with E-state index in [4.69, 9.17) is 4.74 Å². The fraction of sp³-hybridized carbons (Fsp3) is 0.435. The van der Waals surface area contributed by atoms with Crippen LogP contribution in [0.1, 0.15) is 67.0 Å². The first-order valence-electron chi connectivity index (χ1n) is 10.2. The molecule has 0 spiro atoms. The van der Waals surface area contributed by atoms with E-state index in [1.165, 1.54) is 6.07 Å². The Morgan fingerprint density at radius 2 is 1.93 bits per heavy atom. The van der Waals surface area contributed by atoms with Gasteiger partial charge < -0.3 is 19.8 Å². The first kappa shape index (κ1) is 21.6. The number of aryl methyl sites for hydroxylation is 1. The van der Waals surface area contributed by atoms with Crippen molar-refractivity contribution < 1.29 is 24.5 Å². The van der Waals surface area contributed by atoms with E-state index in [1.807, 2.05) is 32.9 Å². The molecule has 2 N–H and O–H groups in total. The summed E-state index contributed by atoms with van der Waals surface area (Å²) in [6, 6.07) is 10.0. The molecule has 1 heterocycles. The van der Waals surface area contributed by atoms with E-state index >= 15 is 0 Å². The van der Waals surface area contributed by atoms with Gasteiger partial charge in [0.15, 0.2) is 0 Å². The van der Waals surface area contributed by atoms with Crippen LogP contribution < -0.4 is 0 Å². The van der Waals surface area contributed by atoms with E-state index in [0.717, 1.165) is 24.0 Å². The Labute approximate surface area is 176 Å². The predicted octanol–water partition coefficient (Wildman–Crippen LogP) is 4.34. The minimum atomic E-state index is -1.07. The first-order valence-corrected chi connectivity index (χ1v) is 10.2. The average molecular weight is 412 g/mol. The molecule has 1 aromatic heterocycles. The summed E-state index contributed by atoms with van der Waals surface area (Å²) in [5.74, 6) is -0.873. The van der Waals surface area contributed by atoms with Gasteiger partial charge in [-0.05, 0) is 69.7 Å². The Morgan fingerprint density at radius 3 is 2.60 bits per heavy atom. The topological polar surface area (TPSA) is 100.0 Å². The lowest BCUT2D eigenvalue weighted by atomic mass is 9.89. The van der Waals surface area contributed by atoms with Gasteiger partial charge in [-0.1, -0.05) is 24.3 Å². The number of hydrogen-bond acceptors (Lipinski definition) is 5. The molecule has 30 heavy (non-hydrogen) atoms. The molecular weight excluding hydrogens is 384 g/mol. The molecule has 0 saturated heterocycles. The molecule has 0 fully saturated rings. The normalized spacial score (nSPS) is 15.9. The number of phenols is 1. The summed E-state index contributed by atoms with van der Waals surface area (Å²) in [5.41, 5.74) is 1.68. The highest BCUT2D eigenvalue weighted by Gasteiger charge is 2.33. The SMILES string of the molecule is CC(C)(C)OC(=O)N(CCc1ccccc1O)C1CCCc2nc(C(=O)O)ccc21. The highest BCUT2D eigenvalue weighted by atomic mass is 16.6. The summed E-state index contributed by atoms with van der Waals surface area (Å²) < 4.78 is 5.66. The van der Waals surface area contributed by atoms with Crippen molar-refractivity contribution in [3.63, 3.8) is 0 Å². The standard InChI is InChI=1S/C23H28N2O5/c1-23(2,3)30-22(29)25(14-13-15-7-4-5-10-20(15)26)19-9-6-8-17-16(19)11-12-18(24-17)21(27)28/h4-5,7,10-12,19,26H,6,8-9,13-14H2,1-3H3,(H,27,28). The molecule has 0 aliphatic heterocycles. The number of fused-ring (bicyclic) bond motifs is 1. The number of nitrogens with zero attached hydrogens (tertiary/aromatic N) is 2. The number of aromatic hydroxyl groups is 1. The van der Waals surface area contributed by atoms with E-state index in [1.54, 1.807) is 23.1 Å². The number of carboxylic acids is 1. The zero-order valence-electron chi connectivity index (χ0n) is 17.6. The van der Waals surface area contributed by atoms with Gasteiger partial charge in [-0.25, -0.2) is 14.6 Å².